The first-order chi connectivity index (χ1) is 7.30. The van der Waals surface area contributed by atoms with E-state index in [1.165, 1.54) is 30.7 Å². The molecule has 0 aromatic carbocycles. The van der Waals surface area contributed by atoms with Gasteiger partial charge in [-0.05, 0) is 27.7 Å². The van der Waals surface area contributed by atoms with Crippen molar-refractivity contribution in [2.45, 2.75) is 27.7 Å². The van der Waals surface area contributed by atoms with Gasteiger partial charge in [0.2, 0.25) is 0 Å². The molecule has 0 unspecified atom stereocenters. The van der Waals surface area contributed by atoms with E-state index >= 15 is 0 Å². The summed E-state index contributed by atoms with van der Waals surface area (Å²) in [5, 5.41) is 0. The van der Waals surface area contributed by atoms with E-state index in [-0.39, 0.29) is 0 Å². The fourth-order valence-electron chi connectivity index (χ4n) is 1.49. The summed E-state index contributed by atoms with van der Waals surface area (Å²) < 4.78 is 30.1. The predicted octanol–water partition coefficient (Wildman–Crippen LogP) is 1.60. The summed E-state index contributed by atoms with van der Waals surface area (Å²) >= 11 is 0. The molecule has 0 N–H and O–H groups in total. The quantitative estimate of drug-likeness (QED) is 0.409. The van der Waals surface area contributed by atoms with Crippen LogP contribution in [0.25, 0.3) is 0 Å². The summed E-state index contributed by atoms with van der Waals surface area (Å²) in [5.74, 6) is -0.479. The molecule has 98 valence electrons. The van der Waals surface area contributed by atoms with Gasteiger partial charge in [-0.25, -0.2) is 8.42 Å². The number of rotatable bonds is 6. The van der Waals surface area contributed by atoms with Gasteiger partial charge in [-0.15, -0.1) is 6.58 Å². The van der Waals surface area contributed by atoms with Crippen molar-refractivity contribution in [3.05, 3.63) is 12.7 Å². The fraction of sp³-hybridized carbons (Fsp3) is 0.818. The summed E-state index contributed by atoms with van der Waals surface area (Å²) in [5.41, 5.74) is 0. The third kappa shape index (κ3) is 8.88. The van der Waals surface area contributed by atoms with Crippen molar-refractivity contribution < 1.29 is 17.5 Å². The second kappa shape index (κ2) is 8.73. The molecule has 0 aromatic heterocycles. The topological polar surface area (TPSA) is 57.2 Å². The normalized spacial score (nSPS) is 11.6. The lowest BCUT2D eigenvalue weighted by atomic mass is 10.3. The number of hydrogen-bond acceptors (Lipinski definition) is 3. The van der Waals surface area contributed by atoms with E-state index in [0.717, 1.165) is 6.08 Å². The molecule has 0 aliphatic rings. The number of nitrogens with zero attached hydrogens (tertiary/aromatic N) is 1. The molecule has 0 saturated carbocycles. The molecule has 0 spiro atoms. The first-order valence-corrected chi connectivity index (χ1v) is 7.28. The highest BCUT2D eigenvalue weighted by molar-refractivity contribution is 7.85. The zero-order valence-corrected chi connectivity index (χ0v) is 11.7. The van der Waals surface area contributed by atoms with Gasteiger partial charge in [-0.3, -0.25) is 0 Å². The monoisotopic (exact) mass is 251 g/mol. The molecule has 0 amide bonds. The smallest absolute Gasteiger partial charge is 0.0982 e. The van der Waals surface area contributed by atoms with Crippen LogP contribution in [0.1, 0.15) is 27.7 Å². The van der Waals surface area contributed by atoms with Crippen molar-refractivity contribution in [3.63, 3.8) is 0 Å². The molecule has 16 heavy (non-hydrogen) atoms. The van der Waals surface area contributed by atoms with E-state index < -0.39 is 15.9 Å². The van der Waals surface area contributed by atoms with Crippen LogP contribution < -0.4 is 0 Å². The zero-order chi connectivity index (χ0) is 13.2. The largest absolute Gasteiger partial charge is 0.748 e. The van der Waals surface area contributed by atoms with Crippen LogP contribution in [0.4, 0.5) is 0 Å². The van der Waals surface area contributed by atoms with Gasteiger partial charge >= 0.3 is 0 Å². The minimum atomic E-state index is -4.04. The average Bonchev–Trinajstić information content (AvgIpc) is 2.21. The van der Waals surface area contributed by atoms with Crippen LogP contribution in [0.5, 0.6) is 0 Å². The predicted molar refractivity (Wildman–Crippen MR) is 67.2 cm³/mol. The highest BCUT2D eigenvalue weighted by Crippen LogP contribution is 2.03. The molecule has 0 aliphatic heterocycles. The molecule has 5 heteroatoms. The van der Waals surface area contributed by atoms with Gasteiger partial charge < -0.3 is 9.04 Å². The first kappa shape index (κ1) is 18.0. The molecular weight excluding hydrogens is 226 g/mol. The van der Waals surface area contributed by atoms with Crippen molar-refractivity contribution in [3.8, 4) is 0 Å². The van der Waals surface area contributed by atoms with E-state index in [9.17, 15) is 13.0 Å². The van der Waals surface area contributed by atoms with Crippen molar-refractivity contribution in [2.24, 2.45) is 0 Å². The fourth-order valence-corrected chi connectivity index (χ4v) is 1.77. The van der Waals surface area contributed by atoms with Crippen LogP contribution in [0, 0.1) is 0 Å². The standard InChI is InChI=1S/C8H20N.C3H6O3S/c1-5-9(6-2,7-3)8-4;1-2-3-7(4,5)6/h5-8H2,1-4H3;2H,1,3H2,(H,4,5,6)/q+1;/p-1. The van der Waals surface area contributed by atoms with Crippen molar-refractivity contribution in [1.82, 2.24) is 0 Å². The van der Waals surface area contributed by atoms with E-state index in [0.29, 0.717) is 0 Å². The molecule has 4 nitrogen and oxygen atoms in total. The Balaban J connectivity index is 0. The summed E-state index contributed by atoms with van der Waals surface area (Å²) in [4.78, 5) is 0. The molecule has 0 aromatic rings. The molecule has 0 fully saturated rings. The van der Waals surface area contributed by atoms with Gasteiger partial charge in [0, 0.05) is 0 Å². The third-order valence-corrected chi connectivity index (χ3v) is 3.65. The van der Waals surface area contributed by atoms with Crippen LogP contribution in [-0.4, -0.2) is 49.4 Å². The highest BCUT2D eigenvalue weighted by Gasteiger charge is 2.16. The Bertz CT molecular complexity index is 251. The summed E-state index contributed by atoms with van der Waals surface area (Å²) in [7, 11) is -4.04. The molecule has 0 rings (SSSR count). The Morgan fingerprint density at radius 3 is 1.38 bits per heavy atom. The molecule has 0 radical (unpaired) electrons. The third-order valence-electron chi connectivity index (χ3n) is 3.01. The first-order valence-electron chi connectivity index (χ1n) is 5.70. The maximum atomic E-state index is 9.60. The molecule has 0 atom stereocenters. The Labute approximate surface area is 100 Å². The second-order valence-electron chi connectivity index (χ2n) is 3.62. The van der Waals surface area contributed by atoms with E-state index in [1.807, 2.05) is 0 Å². The lowest BCUT2D eigenvalue weighted by molar-refractivity contribution is -0.921. The van der Waals surface area contributed by atoms with Crippen molar-refractivity contribution in [1.29, 1.82) is 0 Å². The Morgan fingerprint density at radius 1 is 1.06 bits per heavy atom. The van der Waals surface area contributed by atoms with Crippen molar-refractivity contribution in [2.75, 3.05) is 31.9 Å². The second-order valence-corrected chi connectivity index (χ2v) is 5.07. The lowest BCUT2D eigenvalue weighted by Crippen LogP contribution is -2.47. The summed E-state index contributed by atoms with van der Waals surface area (Å²) in [6, 6.07) is 0. The summed E-state index contributed by atoms with van der Waals surface area (Å²) in [6.07, 6.45) is 1.06. The minimum Gasteiger partial charge on any atom is -0.748 e. The molecule has 0 aliphatic carbocycles. The van der Waals surface area contributed by atoms with E-state index in [1.54, 1.807) is 0 Å². The number of hydrogen-bond donors (Lipinski definition) is 0. The van der Waals surface area contributed by atoms with Crippen LogP contribution in [0.15, 0.2) is 12.7 Å². The minimum absolute atomic E-state index is 0.479. The van der Waals surface area contributed by atoms with Gasteiger partial charge in [0.15, 0.2) is 0 Å². The van der Waals surface area contributed by atoms with E-state index in [4.69, 9.17) is 0 Å². The Hall–Kier alpha value is -0.390. The van der Waals surface area contributed by atoms with Crippen molar-refractivity contribution >= 4 is 10.1 Å². The maximum Gasteiger partial charge on any atom is 0.0982 e. The molecule has 0 saturated heterocycles. The molecular formula is C11H25NO3S. The molecule has 0 bridgehead atoms. The van der Waals surface area contributed by atoms with Gasteiger partial charge in [0.25, 0.3) is 0 Å². The van der Waals surface area contributed by atoms with Crippen LogP contribution in [0.2, 0.25) is 0 Å². The van der Waals surface area contributed by atoms with E-state index in [2.05, 4.69) is 34.3 Å². The SMILES string of the molecule is C=CCS(=O)(=O)[O-].CC[N+](CC)(CC)CC. The Kier molecular flexibility index (Phi) is 9.81. The maximum absolute atomic E-state index is 9.60. The van der Waals surface area contributed by atoms with Crippen LogP contribution in [0.3, 0.4) is 0 Å². The van der Waals surface area contributed by atoms with Gasteiger partial charge in [0.1, 0.15) is 0 Å². The van der Waals surface area contributed by atoms with Gasteiger partial charge in [0.05, 0.1) is 42.1 Å². The van der Waals surface area contributed by atoms with Gasteiger partial charge in [-0.1, -0.05) is 6.08 Å². The Morgan fingerprint density at radius 2 is 1.38 bits per heavy atom. The summed E-state index contributed by atoms with van der Waals surface area (Å²) in [6.45, 7) is 17.3. The number of quaternary nitrogens is 1. The van der Waals surface area contributed by atoms with Crippen LogP contribution >= 0.6 is 0 Å². The highest BCUT2D eigenvalue weighted by atomic mass is 32.2. The zero-order valence-electron chi connectivity index (χ0n) is 10.9. The average molecular weight is 251 g/mol. The van der Waals surface area contributed by atoms with Crippen LogP contribution in [-0.2, 0) is 10.1 Å². The van der Waals surface area contributed by atoms with Gasteiger partial charge in [-0.2, -0.15) is 0 Å². The lowest BCUT2D eigenvalue weighted by Gasteiger charge is -2.34. The molecule has 0 heterocycles.